The monoisotopic (exact) mass is 460 g/mol. The first-order valence-electron chi connectivity index (χ1n) is 8.85. The van der Waals surface area contributed by atoms with Crippen LogP contribution in [0.1, 0.15) is 38.6 Å². The van der Waals surface area contributed by atoms with Crippen LogP contribution in [0, 0.1) is 0 Å². The Morgan fingerprint density at radius 2 is 1.53 bits per heavy atom. The SMILES string of the molecule is O=C(O)C(F)(F)F.O=C(c1ccc(C(=O)C(F)(F)F)s1)N1CCN2CCCCC2C1. The molecule has 2 aliphatic heterocycles. The fourth-order valence-electron chi connectivity index (χ4n) is 3.21. The highest BCUT2D eigenvalue weighted by molar-refractivity contribution is 7.16. The van der Waals surface area contributed by atoms with Gasteiger partial charge in [-0.15, -0.1) is 11.3 Å². The van der Waals surface area contributed by atoms with Gasteiger partial charge < -0.3 is 10.0 Å². The van der Waals surface area contributed by atoms with Crippen molar-refractivity contribution in [2.45, 2.75) is 37.7 Å². The number of Topliss-reactive ketones (excluding diaryl/α,β-unsaturated/α-hetero) is 1. The number of carboxylic acids is 1. The van der Waals surface area contributed by atoms with E-state index in [-0.39, 0.29) is 10.8 Å². The fourth-order valence-corrected chi connectivity index (χ4v) is 4.14. The molecular formula is C17H18F6N2O4S. The maximum atomic E-state index is 12.5. The summed E-state index contributed by atoms with van der Waals surface area (Å²) in [6.45, 7) is 3.04. The van der Waals surface area contributed by atoms with Crippen molar-refractivity contribution in [3.63, 3.8) is 0 Å². The molecule has 6 nitrogen and oxygen atoms in total. The van der Waals surface area contributed by atoms with Gasteiger partial charge in [0.15, 0.2) is 0 Å². The molecule has 13 heteroatoms. The first-order chi connectivity index (χ1) is 13.8. The summed E-state index contributed by atoms with van der Waals surface area (Å²) in [6, 6.07) is 2.75. The number of aliphatic carboxylic acids is 1. The molecule has 30 heavy (non-hydrogen) atoms. The van der Waals surface area contributed by atoms with Crippen molar-refractivity contribution >= 4 is 29.0 Å². The van der Waals surface area contributed by atoms with E-state index in [9.17, 15) is 35.9 Å². The Hall–Kier alpha value is -2.15. The molecule has 0 spiro atoms. The van der Waals surface area contributed by atoms with Crippen LogP contribution < -0.4 is 0 Å². The number of rotatable bonds is 2. The average Bonchev–Trinajstić information content (AvgIpc) is 3.15. The molecule has 168 valence electrons. The number of fused-ring (bicyclic) bond motifs is 1. The van der Waals surface area contributed by atoms with Crippen LogP contribution in [-0.2, 0) is 4.79 Å². The molecule has 0 aliphatic carbocycles. The van der Waals surface area contributed by atoms with Gasteiger partial charge in [-0.2, -0.15) is 26.3 Å². The molecule has 2 fully saturated rings. The Labute approximate surface area is 171 Å². The molecule has 1 N–H and O–H groups in total. The summed E-state index contributed by atoms with van der Waals surface area (Å²) < 4.78 is 69.1. The average molecular weight is 460 g/mol. The van der Waals surface area contributed by atoms with Crippen LogP contribution in [0.25, 0.3) is 0 Å². The molecule has 3 rings (SSSR count). The number of hydrogen-bond donors (Lipinski definition) is 1. The molecule has 2 saturated heterocycles. The van der Waals surface area contributed by atoms with E-state index in [1.165, 1.54) is 12.5 Å². The lowest BCUT2D eigenvalue weighted by atomic mass is 9.99. The molecule has 3 heterocycles. The second-order valence-electron chi connectivity index (χ2n) is 6.73. The Morgan fingerprint density at radius 3 is 2.10 bits per heavy atom. The third kappa shape index (κ3) is 6.17. The number of alkyl halides is 6. The summed E-state index contributed by atoms with van der Waals surface area (Å²) in [5.41, 5.74) is 0. The van der Waals surface area contributed by atoms with Crippen molar-refractivity contribution in [1.29, 1.82) is 0 Å². The highest BCUT2D eigenvalue weighted by atomic mass is 32.1. The van der Waals surface area contributed by atoms with Gasteiger partial charge in [-0.3, -0.25) is 14.5 Å². The van der Waals surface area contributed by atoms with Gasteiger partial charge in [0.25, 0.3) is 11.7 Å². The summed E-state index contributed by atoms with van der Waals surface area (Å²) in [7, 11) is 0. The standard InChI is InChI=1S/C15H17F3N2O2S.C2HF3O2/c16-15(17,18)13(21)11-4-5-12(23-11)14(22)20-8-7-19-6-2-1-3-10(19)9-20;3-2(4,5)1(6)7/h4-5,10H,1-3,6-9H2;(H,6,7). The van der Waals surface area contributed by atoms with Gasteiger partial charge in [-0.1, -0.05) is 6.42 Å². The molecular weight excluding hydrogens is 442 g/mol. The van der Waals surface area contributed by atoms with Crippen molar-refractivity contribution < 1.29 is 45.8 Å². The summed E-state index contributed by atoms with van der Waals surface area (Å²) in [6.07, 6.45) is -6.62. The van der Waals surface area contributed by atoms with E-state index in [2.05, 4.69) is 4.90 Å². The lowest BCUT2D eigenvalue weighted by Gasteiger charge is -2.43. The predicted molar refractivity (Wildman–Crippen MR) is 93.5 cm³/mol. The normalized spacial score (nSPS) is 20.1. The molecule has 0 saturated carbocycles. The van der Waals surface area contributed by atoms with E-state index in [1.54, 1.807) is 4.90 Å². The molecule has 1 amide bonds. The van der Waals surface area contributed by atoms with Crippen LogP contribution >= 0.6 is 11.3 Å². The number of thiophene rings is 1. The van der Waals surface area contributed by atoms with Crippen LogP contribution in [0.2, 0.25) is 0 Å². The lowest BCUT2D eigenvalue weighted by Crippen LogP contribution is -2.56. The first-order valence-corrected chi connectivity index (χ1v) is 9.67. The quantitative estimate of drug-likeness (QED) is 0.541. The predicted octanol–water partition coefficient (Wildman–Crippen LogP) is 3.44. The number of hydrogen-bond acceptors (Lipinski definition) is 5. The minimum Gasteiger partial charge on any atom is -0.475 e. The van der Waals surface area contributed by atoms with Gasteiger partial charge in [-0.25, -0.2) is 4.79 Å². The number of amides is 1. The van der Waals surface area contributed by atoms with Crippen molar-refractivity contribution in [1.82, 2.24) is 9.80 Å². The van der Waals surface area contributed by atoms with Crippen LogP contribution in [0.4, 0.5) is 26.3 Å². The summed E-state index contributed by atoms with van der Waals surface area (Å²) >= 11 is 0.625. The van der Waals surface area contributed by atoms with Crippen LogP contribution in [0.5, 0.6) is 0 Å². The van der Waals surface area contributed by atoms with Gasteiger partial charge in [0.2, 0.25) is 0 Å². The molecule has 1 unspecified atom stereocenters. The zero-order valence-corrected chi connectivity index (χ0v) is 16.2. The van der Waals surface area contributed by atoms with Crippen molar-refractivity contribution in [2.75, 3.05) is 26.2 Å². The number of carbonyl (C=O) groups excluding carboxylic acids is 2. The largest absolute Gasteiger partial charge is 0.490 e. The third-order valence-electron chi connectivity index (χ3n) is 4.67. The first kappa shape index (κ1) is 24.1. The molecule has 2 aliphatic rings. The maximum Gasteiger partial charge on any atom is 0.490 e. The van der Waals surface area contributed by atoms with Gasteiger partial charge in [0.05, 0.1) is 9.75 Å². The molecule has 0 radical (unpaired) electrons. The molecule has 1 aromatic heterocycles. The van der Waals surface area contributed by atoms with Crippen LogP contribution in [0.3, 0.4) is 0 Å². The van der Waals surface area contributed by atoms with Crippen LogP contribution in [-0.4, -0.2) is 77.1 Å². The Kier molecular flexibility index (Phi) is 7.50. The van der Waals surface area contributed by atoms with E-state index in [4.69, 9.17) is 9.90 Å². The highest BCUT2D eigenvalue weighted by Gasteiger charge is 2.41. The summed E-state index contributed by atoms with van der Waals surface area (Å²) in [4.78, 5) is 36.4. The number of piperidine rings is 1. The molecule has 1 atom stereocenters. The lowest BCUT2D eigenvalue weighted by molar-refractivity contribution is -0.192. The van der Waals surface area contributed by atoms with Crippen LogP contribution in [0.15, 0.2) is 12.1 Å². The molecule has 0 aromatic carbocycles. The number of nitrogens with zero attached hydrogens (tertiary/aromatic N) is 2. The maximum absolute atomic E-state index is 12.5. The van der Waals surface area contributed by atoms with E-state index in [0.29, 0.717) is 30.5 Å². The zero-order chi connectivity index (χ0) is 22.7. The smallest absolute Gasteiger partial charge is 0.475 e. The van der Waals surface area contributed by atoms with Gasteiger partial charge in [-0.05, 0) is 31.5 Å². The summed E-state index contributed by atoms with van der Waals surface area (Å²) in [5, 5.41) is 7.12. The Morgan fingerprint density at radius 1 is 0.933 bits per heavy atom. The molecule has 0 bridgehead atoms. The number of carboxylic acid groups (broad SMARTS) is 1. The van der Waals surface area contributed by atoms with E-state index < -0.39 is 29.0 Å². The summed E-state index contributed by atoms with van der Waals surface area (Å²) in [5.74, 6) is -4.92. The zero-order valence-electron chi connectivity index (χ0n) is 15.4. The minimum absolute atomic E-state index is 0.196. The number of carbonyl (C=O) groups is 3. The topological polar surface area (TPSA) is 77.9 Å². The van der Waals surface area contributed by atoms with Crippen molar-refractivity contribution in [2.24, 2.45) is 0 Å². The second kappa shape index (κ2) is 9.33. The number of piperazine rings is 1. The van der Waals surface area contributed by atoms with Crippen molar-refractivity contribution in [3.8, 4) is 0 Å². The minimum atomic E-state index is -5.08. The number of ketones is 1. The second-order valence-corrected chi connectivity index (χ2v) is 7.81. The number of halogens is 6. The Bertz CT molecular complexity index is 792. The van der Waals surface area contributed by atoms with E-state index in [1.807, 2.05) is 0 Å². The third-order valence-corrected chi connectivity index (χ3v) is 5.74. The highest BCUT2D eigenvalue weighted by Crippen LogP contribution is 2.28. The van der Waals surface area contributed by atoms with E-state index >= 15 is 0 Å². The van der Waals surface area contributed by atoms with Gasteiger partial charge in [0.1, 0.15) is 0 Å². The van der Waals surface area contributed by atoms with E-state index in [0.717, 1.165) is 32.0 Å². The molecule has 1 aromatic rings. The van der Waals surface area contributed by atoms with Crippen molar-refractivity contribution in [3.05, 3.63) is 21.9 Å². The van der Waals surface area contributed by atoms with Gasteiger partial charge >= 0.3 is 18.3 Å². The Balaban J connectivity index is 0.000000396. The van der Waals surface area contributed by atoms with Gasteiger partial charge in [0, 0.05) is 25.7 Å². The fraction of sp³-hybridized carbons (Fsp3) is 0.588.